The lowest BCUT2D eigenvalue weighted by atomic mass is 10.2. The molecule has 0 radical (unpaired) electrons. The van der Waals surface area contributed by atoms with Crippen molar-refractivity contribution >= 4 is 23.1 Å². The Morgan fingerprint density at radius 3 is 3.10 bits per heavy atom. The van der Waals surface area contributed by atoms with Crippen LogP contribution in [0, 0.1) is 11.8 Å². The summed E-state index contributed by atoms with van der Waals surface area (Å²) in [5.41, 5.74) is 7.11. The van der Waals surface area contributed by atoms with Crippen molar-refractivity contribution in [1.29, 1.82) is 0 Å². The van der Waals surface area contributed by atoms with Crippen molar-refractivity contribution in [3.63, 3.8) is 0 Å². The Kier molecular flexibility index (Phi) is 6.05. The Labute approximate surface area is 132 Å². The smallest absolute Gasteiger partial charge is 0.251 e. The van der Waals surface area contributed by atoms with Gasteiger partial charge in [-0.05, 0) is 12.5 Å². The second-order valence-corrected chi connectivity index (χ2v) is 6.35. The van der Waals surface area contributed by atoms with E-state index in [1.54, 1.807) is 17.4 Å². The summed E-state index contributed by atoms with van der Waals surface area (Å²) in [6.45, 7) is 2.44. The second kappa shape index (κ2) is 8.03. The zero-order valence-electron chi connectivity index (χ0n) is 11.8. The topological polar surface area (TPSA) is 71.8 Å². The normalized spacial score (nSPS) is 10.2. The van der Waals surface area contributed by atoms with Crippen LogP contribution in [0.5, 0.6) is 0 Å². The van der Waals surface area contributed by atoms with Crippen LogP contribution in [-0.4, -0.2) is 16.5 Å². The molecule has 2 heterocycles. The van der Waals surface area contributed by atoms with Crippen molar-refractivity contribution in [2.75, 3.05) is 6.54 Å². The molecule has 0 unspecified atom stereocenters. The van der Waals surface area contributed by atoms with Gasteiger partial charge in [0.1, 0.15) is 0 Å². The summed E-state index contributed by atoms with van der Waals surface area (Å²) >= 11 is 3.19. The molecule has 21 heavy (non-hydrogen) atoms. The molecule has 0 atom stereocenters. The van der Waals surface area contributed by atoms with Crippen LogP contribution >= 0.6 is 23.1 Å². The second-order valence-electron chi connectivity index (χ2n) is 4.39. The standard InChI is InChI=1S/C15H17N3OS2/c1-2-4-12-8-14(19)18-15(17-12)21-10-13-7-11(9-20-13)5-3-6-16/h7-9H,2,4,6,10,16H2,1H3,(H,17,18,19). The third kappa shape index (κ3) is 5.05. The van der Waals surface area contributed by atoms with E-state index in [2.05, 4.69) is 28.7 Å². The van der Waals surface area contributed by atoms with Crippen molar-refractivity contribution in [2.45, 2.75) is 30.7 Å². The molecular weight excluding hydrogens is 302 g/mol. The lowest BCUT2D eigenvalue weighted by Crippen LogP contribution is -2.09. The van der Waals surface area contributed by atoms with Crippen LogP contribution in [0.4, 0.5) is 0 Å². The maximum absolute atomic E-state index is 11.6. The van der Waals surface area contributed by atoms with Gasteiger partial charge in [-0.2, -0.15) is 0 Å². The molecule has 0 aliphatic carbocycles. The minimum absolute atomic E-state index is 0.0865. The van der Waals surface area contributed by atoms with Crippen molar-refractivity contribution in [3.05, 3.63) is 44.0 Å². The molecular formula is C15H17N3OS2. The SMILES string of the molecule is CCCc1cc(=O)[nH]c(SCc2cc(C#CCN)cs2)n1. The molecule has 4 nitrogen and oxygen atoms in total. The maximum atomic E-state index is 11.6. The van der Waals surface area contributed by atoms with Crippen LogP contribution in [0.25, 0.3) is 0 Å². The fourth-order valence-electron chi connectivity index (χ4n) is 1.75. The molecule has 0 bridgehead atoms. The van der Waals surface area contributed by atoms with Gasteiger partial charge in [-0.25, -0.2) is 4.98 Å². The molecule has 0 spiro atoms. The number of rotatable bonds is 5. The zero-order valence-corrected chi connectivity index (χ0v) is 13.4. The monoisotopic (exact) mass is 319 g/mol. The summed E-state index contributed by atoms with van der Waals surface area (Å²) < 4.78 is 0. The first-order chi connectivity index (χ1) is 10.2. The van der Waals surface area contributed by atoms with E-state index < -0.39 is 0 Å². The number of hydrogen-bond acceptors (Lipinski definition) is 5. The van der Waals surface area contributed by atoms with Crippen molar-refractivity contribution < 1.29 is 0 Å². The third-order valence-electron chi connectivity index (χ3n) is 2.62. The van der Waals surface area contributed by atoms with Crippen LogP contribution in [0.15, 0.2) is 27.5 Å². The van der Waals surface area contributed by atoms with Crippen LogP contribution in [0.3, 0.4) is 0 Å². The van der Waals surface area contributed by atoms with Gasteiger partial charge in [0.15, 0.2) is 5.16 Å². The summed E-state index contributed by atoms with van der Waals surface area (Å²) in [5, 5.41) is 2.69. The number of aromatic amines is 1. The average molecular weight is 319 g/mol. The minimum Gasteiger partial charge on any atom is -0.320 e. The molecule has 0 saturated carbocycles. The molecule has 0 fully saturated rings. The number of nitrogens with zero attached hydrogens (tertiary/aromatic N) is 1. The highest BCUT2D eigenvalue weighted by atomic mass is 32.2. The number of nitrogens with one attached hydrogen (secondary N) is 1. The van der Waals surface area contributed by atoms with E-state index in [1.165, 1.54) is 16.6 Å². The van der Waals surface area contributed by atoms with Gasteiger partial charge in [0.2, 0.25) is 0 Å². The van der Waals surface area contributed by atoms with E-state index in [0.29, 0.717) is 11.7 Å². The molecule has 2 aromatic heterocycles. The lowest BCUT2D eigenvalue weighted by Gasteiger charge is -2.02. The van der Waals surface area contributed by atoms with Crippen LogP contribution in [-0.2, 0) is 12.2 Å². The number of nitrogens with two attached hydrogens (primary N) is 1. The average Bonchev–Trinajstić information content (AvgIpc) is 2.91. The molecule has 0 amide bonds. The van der Waals surface area contributed by atoms with Gasteiger partial charge >= 0.3 is 0 Å². The molecule has 3 N–H and O–H groups in total. The summed E-state index contributed by atoms with van der Waals surface area (Å²) in [5.74, 6) is 6.62. The molecule has 0 aliphatic rings. The molecule has 6 heteroatoms. The number of hydrogen-bond donors (Lipinski definition) is 2. The van der Waals surface area contributed by atoms with E-state index in [-0.39, 0.29) is 5.56 Å². The minimum atomic E-state index is -0.0865. The van der Waals surface area contributed by atoms with Gasteiger partial charge in [0.05, 0.1) is 6.54 Å². The quantitative estimate of drug-likeness (QED) is 0.504. The van der Waals surface area contributed by atoms with E-state index in [4.69, 9.17) is 5.73 Å². The first-order valence-electron chi connectivity index (χ1n) is 6.70. The molecule has 2 aromatic rings. The number of aromatic nitrogens is 2. The maximum Gasteiger partial charge on any atom is 0.251 e. The first kappa shape index (κ1) is 15.8. The van der Waals surface area contributed by atoms with E-state index in [9.17, 15) is 4.79 Å². The van der Waals surface area contributed by atoms with E-state index in [1.807, 2.05) is 11.4 Å². The van der Waals surface area contributed by atoms with Crippen LogP contribution in [0.2, 0.25) is 0 Å². The van der Waals surface area contributed by atoms with E-state index in [0.717, 1.165) is 29.9 Å². The number of aryl methyl sites for hydroxylation is 1. The molecule has 0 saturated heterocycles. The fraction of sp³-hybridized carbons (Fsp3) is 0.333. The summed E-state index contributed by atoms with van der Waals surface area (Å²) in [6, 6.07) is 3.62. The molecule has 0 aliphatic heterocycles. The molecule has 2 rings (SSSR count). The number of thiophene rings is 1. The summed E-state index contributed by atoms with van der Waals surface area (Å²) in [6.07, 6.45) is 1.81. The largest absolute Gasteiger partial charge is 0.320 e. The number of H-pyrrole nitrogens is 1. The Balaban J connectivity index is 2.02. The van der Waals surface area contributed by atoms with Crippen LogP contribution in [0.1, 0.15) is 29.5 Å². The van der Waals surface area contributed by atoms with Gasteiger partial charge in [-0.15, -0.1) is 11.3 Å². The third-order valence-corrected chi connectivity index (χ3v) is 4.66. The Bertz CT molecular complexity index is 709. The zero-order chi connectivity index (χ0) is 15.1. The van der Waals surface area contributed by atoms with Gasteiger partial charge in [-0.1, -0.05) is 36.9 Å². The Morgan fingerprint density at radius 1 is 1.48 bits per heavy atom. The predicted molar refractivity (Wildman–Crippen MR) is 88.7 cm³/mol. The summed E-state index contributed by atoms with van der Waals surface area (Å²) in [7, 11) is 0. The first-order valence-corrected chi connectivity index (χ1v) is 8.57. The van der Waals surface area contributed by atoms with Crippen LogP contribution < -0.4 is 11.3 Å². The Hall–Kier alpha value is -1.55. The van der Waals surface area contributed by atoms with E-state index >= 15 is 0 Å². The van der Waals surface area contributed by atoms with Gasteiger partial charge in [0, 0.05) is 33.3 Å². The van der Waals surface area contributed by atoms with Crippen molar-refractivity contribution in [1.82, 2.24) is 9.97 Å². The van der Waals surface area contributed by atoms with Gasteiger partial charge < -0.3 is 10.7 Å². The van der Waals surface area contributed by atoms with Crippen molar-refractivity contribution in [2.24, 2.45) is 5.73 Å². The van der Waals surface area contributed by atoms with Crippen molar-refractivity contribution in [3.8, 4) is 11.8 Å². The highest BCUT2D eigenvalue weighted by Crippen LogP contribution is 2.23. The summed E-state index contributed by atoms with van der Waals surface area (Å²) in [4.78, 5) is 20.0. The lowest BCUT2D eigenvalue weighted by molar-refractivity contribution is 0.816. The highest BCUT2D eigenvalue weighted by molar-refractivity contribution is 7.98. The fourth-order valence-corrected chi connectivity index (χ4v) is 3.52. The van der Waals surface area contributed by atoms with Gasteiger partial charge in [-0.3, -0.25) is 4.79 Å². The Morgan fingerprint density at radius 2 is 2.33 bits per heavy atom. The van der Waals surface area contributed by atoms with Gasteiger partial charge in [0.25, 0.3) is 5.56 Å². The predicted octanol–water partition coefficient (Wildman–Crippen LogP) is 2.39. The molecule has 0 aromatic carbocycles. The highest BCUT2D eigenvalue weighted by Gasteiger charge is 2.04. The molecule has 110 valence electrons. The number of thioether (sulfide) groups is 1.